The maximum absolute atomic E-state index is 14.1. The zero-order valence-electron chi connectivity index (χ0n) is 29.5. The standard InChI is InChI=1S/C35H54N6O7/c1-20(2)30(24(6)42)39-33(46)29-16-12-18-41(29)35(48)23(5)38-32(45)27(19-26-13-9-8-10-14-26)28-15-11-17-40(28)34(47)22(4)37-31(44)21(3)36-25(7)43/h9,13-14,20-23,27-30H,8,10-12,15-19H2,1-7H3,(H,36,43)(H,37,44)(H,38,45)(H,39,46). The van der Waals surface area contributed by atoms with Crippen LogP contribution in [-0.4, -0.2) is 100 Å². The summed E-state index contributed by atoms with van der Waals surface area (Å²) < 4.78 is 0. The number of hydrogen-bond donors (Lipinski definition) is 4. The highest BCUT2D eigenvalue weighted by molar-refractivity contribution is 5.95. The predicted molar refractivity (Wildman–Crippen MR) is 180 cm³/mol. The molecule has 7 unspecified atom stereocenters. The lowest BCUT2D eigenvalue weighted by atomic mass is 9.87. The topological polar surface area (TPSA) is 174 Å². The molecule has 0 bridgehead atoms. The fourth-order valence-electron chi connectivity index (χ4n) is 6.90. The van der Waals surface area contributed by atoms with Gasteiger partial charge < -0.3 is 31.1 Å². The maximum atomic E-state index is 14.1. The summed E-state index contributed by atoms with van der Waals surface area (Å²) in [5.74, 6) is -3.23. The molecule has 0 radical (unpaired) electrons. The Bertz CT molecular complexity index is 1310. The lowest BCUT2D eigenvalue weighted by Crippen LogP contribution is -2.57. The fraction of sp³-hybridized carbons (Fsp3) is 0.686. The first-order chi connectivity index (χ1) is 22.6. The van der Waals surface area contributed by atoms with Crippen molar-refractivity contribution in [1.29, 1.82) is 0 Å². The van der Waals surface area contributed by atoms with E-state index in [9.17, 15) is 33.6 Å². The van der Waals surface area contributed by atoms with E-state index >= 15 is 0 Å². The molecule has 4 N–H and O–H groups in total. The monoisotopic (exact) mass is 670 g/mol. The number of carbonyl (C=O) groups excluding carboxylic acids is 7. The molecule has 6 amide bonds. The van der Waals surface area contributed by atoms with Crippen molar-refractivity contribution in [3.63, 3.8) is 0 Å². The van der Waals surface area contributed by atoms with Crippen molar-refractivity contribution in [2.24, 2.45) is 11.8 Å². The molecule has 48 heavy (non-hydrogen) atoms. The molecule has 0 saturated carbocycles. The van der Waals surface area contributed by atoms with Gasteiger partial charge in [0, 0.05) is 26.1 Å². The number of nitrogens with one attached hydrogen (secondary N) is 4. The largest absolute Gasteiger partial charge is 0.345 e. The molecular weight excluding hydrogens is 616 g/mol. The molecule has 3 rings (SSSR count). The predicted octanol–water partition coefficient (Wildman–Crippen LogP) is 1.51. The summed E-state index contributed by atoms with van der Waals surface area (Å²) in [5.41, 5.74) is 0.978. The van der Waals surface area contributed by atoms with Gasteiger partial charge in [-0.05, 0) is 78.6 Å². The molecule has 266 valence electrons. The van der Waals surface area contributed by atoms with Crippen LogP contribution in [0, 0.1) is 11.8 Å². The van der Waals surface area contributed by atoms with E-state index in [1.807, 2.05) is 19.9 Å². The van der Waals surface area contributed by atoms with Gasteiger partial charge in [0.1, 0.15) is 24.2 Å². The van der Waals surface area contributed by atoms with Crippen LogP contribution in [0.2, 0.25) is 0 Å². The summed E-state index contributed by atoms with van der Waals surface area (Å²) in [4.78, 5) is 93.8. The maximum Gasteiger partial charge on any atom is 0.245 e. The highest BCUT2D eigenvalue weighted by Gasteiger charge is 2.42. The Labute approximate surface area is 284 Å². The van der Waals surface area contributed by atoms with E-state index in [1.165, 1.54) is 25.7 Å². The SMILES string of the molecule is CC(=O)NC(C)C(=O)NC(C)C(=O)N1CCCC1C(CC1=CCCC=C1)C(=O)NC(C)C(=O)N1CCCC1C(=O)NC(C(C)=O)C(C)C. The quantitative estimate of drug-likeness (QED) is 0.217. The van der Waals surface area contributed by atoms with Crippen molar-refractivity contribution in [3.8, 4) is 0 Å². The lowest BCUT2D eigenvalue weighted by molar-refractivity contribution is -0.143. The third-order valence-corrected chi connectivity index (χ3v) is 9.42. The zero-order chi connectivity index (χ0) is 35.7. The Morgan fingerprint density at radius 3 is 1.94 bits per heavy atom. The van der Waals surface area contributed by atoms with Gasteiger partial charge in [-0.2, -0.15) is 0 Å². The lowest BCUT2D eigenvalue weighted by Gasteiger charge is -2.34. The van der Waals surface area contributed by atoms with E-state index in [1.54, 1.807) is 18.7 Å². The molecule has 2 fully saturated rings. The first kappa shape index (κ1) is 38.4. The Hall–Kier alpha value is -4.03. The Balaban J connectivity index is 1.75. The van der Waals surface area contributed by atoms with E-state index in [0.717, 1.165) is 18.4 Å². The number of likely N-dealkylation sites (tertiary alicyclic amines) is 2. The summed E-state index contributed by atoms with van der Waals surface area (Å²) >= 11 is 0. The highest BCUT2D eigenvalue weighted by atomic mass is 16.2. The fourth-order valence-corrected chi connectivity index (χ4v) is 6.90. The molecule has 1 aliphatic carbocycles. The second kappa shape index (κ2) is 17.4. The molecule has 13 nitrogen and oxygen atoms in total. The van der Waals surface area contributed by atoms with Crippen LogP contribution in [0.1, 0.15) is 93.4 Å². The van der Waals surface area contributed by atoms with Crippen molar-refractivity contribution >= 4 is 41.2 Å². The van der Waals surface area contributed by atoms with E-state index in [2.05, 4.69) is 33.4 Å². The second-order valence-corrected chi connectivity index (χ2v) is 13.7. The second-order valence-electron chi connectivity index (χ2n) is 13.7. The van der Waals surface area contributed by atoms with Gasteiger partial charge in [-0.3, -0.25) is 33.6 Å². The molecule has 0 aromatic rings. The minimum Gasteiger partial charge on any atom is -0.345 e. The van der Waals surface area contributed by atoms with Gasteiger partial charge >= 0.3 is 0 Å². The molecule has 7 atom stereocenters. The average Bonchev–Trinajstić information content (AvgIpc) is 3.72. The van der Waals surface area contributed by atoms with E-state index < -0.39 is 48.1 Å². The third kappa shape index (κ3) is 9.99. The number of allylic oxidation sites excluding steroid dienone is 4. The third-order valence-electron chi connectivity index (χ3n) is 9.42. The highest BCUT2D eigenvalue weighted by Crippen LogP contribution is 2.31. The van der Waals surface area contributed by atoms with Crippen LogP contribution in [0.15, 0.2) is 23.8 Å². The first-order valence-electron chi connectivity index (χ1n) is 17.3. The molecule has 0 aromatic carbocycles. The summed E-state index contributed by atoms with van der Waals surface area (Å²) in [7, 11) is 0. The van der Waals surface area contributed by atoms with Crippen molar-refractivity contribution in [3.05, 3.63) is 23.8 Å². The van der Waals surface area contributed by atoms with E-state index in [-0.39, 0.29) is 41.2 Å². The van der Waals surface area contributed by atoms with Gasteiger partial charge in [-0.25, -0.2) is 0 Å². The van der Waals surface area contributed by atoms with Gasteiger partial charge in [0.15, 0.2) is 5.78 Å². The van der Waals surface area contributed by atoms with Crippen LogP contribution < -0.4 is 21.3 Å². The first-order valence-corrected chi connectivity index (χ1v) is 17.3. The molecule has 2 heterocycles. The number of amides is 6. The Morgan fingerprint density at radius 1 is 0.750 bits per heavy atom. The number of Topliss-reactive ketones (excluding diaryl/α,β-unsaturated/α-hetero) is 1. The number of rotatable bonds is 14. The number of nitrogens with zero attached hydrogens (tertiary/aromatic N) is 2. The van der Waals surface area contributed by atoms with Gasteiger partial charge in [0.25, 0.3) is 0 Å². The summed E-state index contributed by atoms with van der Waals surface area (Å²) in [6, 6.07) is -4.49. The molecule has 3 aliphatic rings. The molecule has 0 spiro atoms. The molecule has 2 aliphatic heterocycles. The van der Waals surface area contributed by atoms with Gasteiger partial charge in [-0.15, -0.1) is 0 Å². The average molecular weight is 671 g/mol. The number of ketones is 1. The van der Waals surface area contributed by atoms with Crippen molar-refractivity contribution in [2.75, 3.05) is 13.1 Å². The number of carbonyl (C=O) groups is 7. The van der Waals surface area contributed by atoms with E-state index in [4.69, 9.17) is 0 Å². The molecule has 13 heteroatoms. The molecular formula is C35H54N6O7. The van der Waals surface area contributed by atoms with Crippen LogP contribution in [0.3, 0.4) is 0 Å². The van der Waals surface area contributed by atoms with E-state index in [0.29, 0.717) is 45.2 Å². The normalized spacial score (nSPS) is 22.2. The Kier molecular flexibility index (Phi) is 13.9. The van der Waals surface area contributed by atoms with Crippen LogP contribution >= 0.6 is 0 Å². The molecule has 2 saturated heterocycles. The summed E-state index contributed by atoms with van der Waals surface area (Å²) in [6.45, 7) is 11.9. The minimum atomic E-state index is -0.933. The van der Waals surface area contributed by atoms with Crippen LogP contribution in [0.5, 0.6) is 0 Å². The van der Waals surface area contributed by atoms with Gasteiger partial charge in [0.05, 0.1) is 12.0 Å². The van der Waals surface area contributed by atoms with Gasteiger partial charge in [0.2, 0.25) is 35.4 Å². The Morgan fingerprint density at radius 2 is 1.35 bits per heavy atom. The summed E-state index contributed by atoms with van der Waals surface area (Å²) in [5, 5.41) is 10.9. The smallest absolute Gasteiger partial charge is 0.245 e. The van der Waals surface area contributed by atoms with Crippen molar-refractivity contribution < 1.29 is 33.6 Å². The van der Waals surface area contributed by atoms with Gasteiger partial charge in [-0.1, -0.05) is 37.6 Å². The van der Waals surface area contributed by atoms with Crippen LogP contribution in [0.4, 0.5) is 0 Å². The van der Waals surface area contributed by atoms with Crippen molar-refractivity contribution in [1.82, 2.24) is 31.1 Å². The molecule has 0 aromatic heterocycles. The van der Waals surface area contributed by atoms with Crippen LogP contribution in [0.25, 0.3) is 0 Å². The van der Waals surface area contributed by atoms with Crippen molar-refractivity contribution in [2.45, 2.75) is 130 Å². The summed E-state index contributed by atoms with van der Waals surface area (Å²) in [6.07, 6.45) is 10.6. The minimum absolute atomic E-state index is 0.102. The number of hydrogen-bond acceptors (Lipinski definition) is 7. The van der Waals surface area contributed by atoms with Crippen LogP contribution in [-0.2, 0) is 33.6 Å². The zero-order valence-corrected chi connectivity index (χ0v) is 29.5.